The predicted molar refractivity (Wildman–Crippen MR) is 74.3 cm³/mol. The molecule has 1 unspecified atom stereocenters. The summed E-state index contributed by atoms with van der Waals surface area (Å²) >= 11 is 1.60. The smallest absolute Gasteiger partial charge is 0.123 e. The number of thiazole rings is 1. The second-order valence-corrected chi connectivity index (χ2v) is 5.17. The lowest BCUT2D eigenvalue weighted by atomic mass is 10.1. The normalized spacial score (nSPS) is 12.7. The maximum atomic E-state index is 13.1. The molecule has 0 amide bonds. The van der Waals surface area contributed by atoms with Crippen LogP contribution in [0.4, 0.5) is 4.39 Å². The van der Waals surface area contributed by atoms with E-state index in [2.05, 4.69) is 29.5 Å². The summed E-state index contributed by atoms with van der Waals surface area (Å²) in [5, 5.41) is 6.35. The van der Waals surface area contributed by atoms with Gasteiger partial charge in [-0.25, -0.2) is 9.37 Å². The highest BCUT2D eigenvalue weighted by atomic mass is 32.1. The average Bonchev–Trinajstić information content (AvgIpc) is 2.78. The molecule has 2 rings (SSSR count). The van der Waals surface area contributed by atoms with Gasteiger partial charge in [-0.15, -0.1) is 11.3 Å². The maximum Gasteiger partial charge on any atom is 0.123 e. The molecule has 2 nitrogen and oxygen atoms in total. The Morgan fingerprint density at radius 1 is 1.44 bits per heavy atom. The summed E-state index contributed by atoms with van der Waals surface area (Å²) in [6.45, 7) is 7.00. The van der Waals surface area contributed by atoms with Crippen LogP contribution in [-0.4, -0.2) is 11.5 Å². The fraction of sp³-hybridized carbons (Fsp3) is 0.357. The Bertz CT molecular complexity index is 536. The topological polar surface area (TPSA) is 24.9 Å². The summed E-state index contributed by atoms with van der Waals surface area (Å²) in [5.74, 6) is -0.200. The lowest BCUT2D eigenvalue weighted by Gasteiger charge is -2.08. The van der Waals surface area contributed by atoms with Gasteiger partial charge < -0.3 is 5.32 Å². The minimum atomic E-state index is -0.200. The molecule has 4 heteroatoms. The SMILES string of the molecule is CCNC(C)c1csc(-c2ccc(F)cc2C)n1. The minimum absolute atomic E-state index is 0.200. The van der Waals surface area contributed by atoms with Crippen molar-refractivity contribution in [3.05, 3.63) is 40.7 Å². The van der Waals surface area contributed by atoms with Crippen molar-refractivity contribution in [3.63, 3.8) is 0 Å². The lowest BCUT2D eigenvalue weighted by molar-refractivity contribution is 0.587. The van der Waals surface area contributed by atoms with Gasteiger partial charge in [0.1, 0.15) is 10.8 Å². The van der Waals surface area contributed by atoms with Crippen LogP contribution < -0.4 is 5.32 Å². The van der Waals surface area contributed by atoms with Gasteiger partial charge in [0.25, 0.3) is 0 Å². The zero-order valence-electron chi connectivity index (χ0n) is 10.8. The van der Waals surface area contributed by atoms with Crippen LogP contribution in [0.15, 0.2) is 23.6 Å². The minimum Gasteiger partial charge on any atom is -0.309 e. The van der Waals surface area contributed by atoms with Crippen molar-refractivity contribution in [1.82, 2.24) is 10.3 Å². The number of halogens is 1. The average molecular weight is 264 g/mol. The molecule has 1 atom stereocenters. The molecule has 0 radical (unpaired) electrons. The molecular weight excluding hydrogens is 247 g/mol. The van der Waals surface area contributed by atoms with Crippen LogP contribution >= 0.6 is 11.3 Å². The molecular formula is C14H17FN2S. The van der Waals surface area contributed by atoms with E-state index in [4.69, 9.17) is 0 Å². The third-order valence-electron chi connectivity index (χ3n) is 2.89. The van der Waals surface area contributed by atoms with Gasteiger partial charge in [-0.2, -0.15) is 0 Å². The zero-order valence-corrected chi connectivity index (χ0v) is 11.6. The van der Waals surface area contributed by atoms with Crippen molar-refractivity contribution < 1.29 is 4.39 Å². The van der Waals surface area contributed by atoms with E-state index in [1.807, 2.05) is 6.92 Å². The molecule has 1 heterocycles. The van der Waals surface area contributed by atoms with Crippen LogP contribution in [0, 0.1) is 12.7 Å². The van der Waals surface area contributed by atoms with Gasteiger partial charge in [0.2, 0.25) is 0 Å². The van der Waals surface area contributed by atoms with Crippen molar-refractivity contribution in [2.75, 3.05) is 6.54 Å². The third kappa shape index (κ3) is 2.76. The fourth-order valence-electron chi connectivity index (χ4n) is 1.89. The molecule has 0 aliphatic rings. The van der Waals surface area contributed by atoms with E-state index in [0.717, 1.165) is 28.4 Å². The summed E-state index contributed by atoms with van der Waals surface area (Å²) in [6, 6.07) is 5.08. The highest BCUT2D eigenvalue weighted by Gasteiger charge is 2.11. The van der Waals surface area contributed by atoms with Crippen LogP contribution in [0.5, 0.6) is 0 Å². The van der Waals surface area contributed by atoms with E-state index in [9.17, 15) is 4.39 Å². The number of rotatable bonds is 4. The molecule has 0 aliphatic heterocycles. The number of hydrogen-bond donors (Lipinski definition) is 1. The van der Waals surface area contributed by atoms with E-state index in [-0.39, 0.29) is 11.9 Å². The number of benzene rings is 1. The van der Waals surface area contributed by atoms with Gasteiger partial charge in [-0.05, 0) is 44.2 Å². The maximum absolute atomic E-state index is 13.1. The lowest BCUT2D eigenvalue weighted by Crippen LogP contribution is -2.17. The second kappa shape index (κ2) is 5.59. The fourth-order valence-corrected chi connectivity index (χ4v) is 2.89. The van der Waals surface area contributed by atoms with Crippen molar-refractivity contribution in [3.8, 4) is 10.6 Å². The summed E-state index contributed by atoms with van der Waals surface area (Å²) in [6.07, 6.45) is 0. The van der Waals surface area contributed by atoms with Crippen LogP contribution in [0.1, 0.15) is 31.1 Å². The highest BCUT2D eigenvalue weighted by molar-refractivity contribution is 7.13. The summed E-state index contributed by atoms with van der Waals surface area (Å²) in [7, 11) is 0. The molecule has 0 aliphatic carbocycles. The standard InChI is InChI=1S/C14H17FN2S/c1-4-16-10(3)13-8-18-14(17-13)12-6-5-11(15)7-9(12)2/h5-8,10,16H,4H2,1-3H3. The third-order valence-corrected chi connectivity index (χ3v) is 3.79. The molecule has 1 aromatic heterocycles. The van der Waals surface area contributed by atoms with Crippen molar-refractivity contribution in [2.24, 2.45) is 0 Å². The molecule has 96 valence electrons. The Morgan fingerprint density at radius 2 is 2.22 bits per heavy atom. The Kier molecular flexibility index (Phi) is 4.09. The first-order chi connectivity index (χ1) is 8.61. The van der Waals surface area contributed by atoms with Gasteiger partial charge >= 0.3 is 0 Å². The van der Waals surface area contributed by atoms with Crippen LogP contribution in [0.25, 0.3) is 10.6 Å². The largest absolute Gasteiger partial charge is 0.309 e. The molecule has 0 saturated carbocycles. The number of nitrogens with zero attached hydrogens (tertiary/aromatic N) is 1. The highest BCUT2D eigenvalue weighted by Crippen LogP contribution is 2.29. The summed E-state index contributed by atoms with van der Waals surface area (Å²) < 4.78 is 13.1. The van der Waals surface area contributed by atoms with Gasteiger partial charge in [0.05, 0.1) is 5.69 Å². The molecule has 0 bridgehead atoms. The second-order valence-electron chi connectivity index (χ2n) is 4.32. The van der Waals surface area contributed by atoms with Gasteiger partial charge in [-0.3, -0.25) is 0 Å². The summed E-state index contributed by atoms with van der Waals surface area (Å²) in [5.41, 5.74) is 2.98. The quantitative estimate of drug-likeness (QED) is 0.905. The predicted octanol–water partition coefficient (Wildman–Crippen LogP) is 3.93. The number of aromatic nitrogens is 1. The Labute approximate surface area is 111 Å². The van der Waals surface area contributed by atoms with Gasteiger partial charge in [0, 0.05) is 17.0 Å². The van der Waals surface area contributed by atoms with E-state index in [0.29, 0.717) is 0 Å². The van der Waals surface area contributed by atoms with Gasteiger partial charge in [-0.1, -0.05) is 6.92 Å². The summed E-state index contributed by atoms with van der Waals surface area (Å²) in [4.78, 5) is 4.62. The first-order valence-electron chi connectivity index (χ1n) is 6.07. The Morgan fingerprint density at radius 3 is 2.89 bits per heavy atom. The Balaban J connectivity index is 2.29. The van der Waals surface area contributed by atoms with E-state index in [1.54, 1.807) is 23.5 Å². The molecule has 0 spiro atoms. The first kappa shape index (κ1) is 13.2. The molecule has 2 aromatic rings. The molecule has 0 saturated heterocycles. The van der Waals surface area contributed by atoms with Crippen molar-refractivity contribution in [1.29, 1.82) is 0 Å². The molecule has 1 aromatic carbocycles. The Hall–Kier alpha value is -1.26. The van der Waals surface area contributed by atoms with E-state index >= 15 is 0 Å². The number of hydrogen-bond acceptors (Lipinski definition) is 3. The molecule has 0 fully saturated rings. The molecule has 18 heavy (non-hydrogen) atoms. The van der Waals surface area contributed by atoms with Crippen molar-refractivity contribution >= 4 is 11.3 Å². The van der Waals surface area contributed by atoms with Crippen LogP contribution in [0.3, 0.4) is 0 Å². The van der Waals surface area contributed by atoms with Crippen LogP contribution in [-0.2, 0) is 0 Å². The first-order valence-corrected chi connectivity index (χ1v) is 6.95. The van der Waals surface area contributed by atoms with Crippen molar-refractivity contribution in [2.45, 2.75) is 26.8 Å². The van der Waals surface area contributed by atoms with E-state index < -0.39 is 0 Å². The van der Waals surface area contributed by atoms with Gasteiger partial charge in [0.15, 0.2) is 0 Å². The van der Waals surface area contributed by atoms with E-state index in [1.165, 1.54) is 6.07 Å². The van der Waals surface area contributed by atoms with Crippen LogP contribution in [0.2, 0.25) is 0 Å². The molecule has 1 N–H and O–H groups in total. The monoisotopic (exact) mass is 264 g/mol. The zero-order chi connectivity index (χ0) is 13.1. The number of aryl methyl sites for hydroxylation is 1. The number of nitrogens with one attached hydrogen (secondary N) is 1.